The third-order valence-corrected chi connectivity index (χ3v) is 3.69. The molecule has 1 aromatic heterocycles. The molecule has 0 saturated heterocycles. The van der Waals surface area contributed by atoms with E-state index in [4.69, 9.17) is 4.42 Å². The van der Waals surface area contributed by atoms with Gasteiger partial charge in [0.15, 0.2) is 5.89 Å². The number of oxazole rings is 1. The fourth-order valence-corrected chi connectivity index (χ4v) is 2.41. The molecule has 1 N–H and O–H groups in total. The number of nitrogens with zero attached hydrogens (tertiary/aromatic N) is 1. The molecular weight excluding hydrogens is 264 g/mol. The van der Waals surface area contributed by atoms with Gasteiger partial charge in [-0.3, -0.25) is 4.79 Å². The number of hydrogen-bond donors (Lipinski definition) is 1. The molecule has 2 rings (SSSR count). The number of aromatic nitrogens is 1. The van der Waals surface area contributed by atoms with E-state index in [9.17, 15) is 4.79 Å². The van der Waals surface area contributed by atoms with Gasteiger partial charge in [-0.25, -0.2) is 4.98 Å². The van der Waals surface area contributed by atoms with Gasteiger partial charge < -0.3 is 9.73 Å². The van der Waals surface area contributed by atoms with Gasteiger partial charge in [0.1, 0.15) is 11.5 Å². The zero-order valence-electron chi connectivity index (χ0n) is 13.1. The summed E-state index contributed by atoms with van der Waals surface area (Å²) in [7, 11) is 0. The van der Waals surface area contributed by atoms with Crippen LogP contribution in [0.1, 0.15) is 38.3 Å². The zero-order chi connectivity index (χ0) is 15.4. The van der Waals surface area contributed by atoms with Gasteiger partial charge in [0.25, 0.3) is 0 Å². The second-order valence-corrected chi connectivity index (χ2v) is 5.22. The SMILES string of the molecule is CCC(CC)C(=O)Nc1ccc(-c2nc(C)oc2C)cc1. The van der Waals surface area contributed by atoms with Crippen LogP contribution >= 0.6 is 0 Å². The monoisotopic (exact) mass is 286 g/mol. The number of benzene rings is 1. The van der Waals surface area contributed by atoms with E-state index in [1.807, 2.05) is 52.0 Å². The molecule has 0 radical (unpaired) electrons. The highest BCUT2D eigenvalue weighted by Crippen LogP contribution is 2.25. The number of amides is 1. The van der Waals surface area contributed by atoms with E-state index in [2.05, 4.69) is 10.3 Å². The van der Waals surface area contributed by atoms with Crippen LogP contribution in [-0.2, 0) is 4.79 Å². The highest BCUT2D eigenvalue weighted by molar-refractivity contribution is 5.92. The number of hydrogen-bond acceptors (Lipinski definition) is 3. The smallest absolute Gasteiger partial charge is 0.227 e. The Bertz CT molecular complexity index is 610. The zero-order valence-corrected chi connectivity index (χ0v) is 13.1. The first-order chi connectivity index (χ1) is 10.0. The highest BCUT2D eigenvalue weighted by Gasteiger charge is 2.14. The minimum Gasteiger partial charge on any atom is -0.446 e. The Labute approximate surface area is 125 Å². The van der Waals surface area contributed by atoms with E-state index in [0.29, 0.717) is 5.89 Å². The van der Waals surface area contributed by atoms with Gasteiger partial charge in [-0.2, -0.15) is 0 Å². The van der Waals surface area contributed by atoms with Gasteiger partial charge in [0.2, 0.25) is 5.91 Å². The third kappa shape index (κ3) is 3.51. The van der Waals surface area contributed by atoms with E-state index in [1.54, 1.807) is 0 Å². The van der Waals surface area contributed by atoms with Gasteiger partial charge >= 0.3 is 0 Å². The molecule has 4 heteroatoms. The molecule has 2 aromatic rings. The van der Waals surface area contributed by atoms with Crippen LogP contribution in [0.2, 0.25) is 0 Å². The van der Waals surface area contributed by atoms with Crippen LogP contribution in [-0.4, -0.2) is 10.9 Å². The fraction of sp³-hybridized carbons (Fsp3) is 0.412. The van der Waals surface area contributed by atoms with Crippen molar-refractivity contribution in [2.45, 2.75) is 40.5 Å². The van der Waals surface area contributed by atoms with Crippen LogP contribution in [0.4, 0.5) is 5.69 Å². The number of carbonyl (C=O) groups excluding carboxylic acids is 1. The van der Waals surface area contributed by atoms with Crippen molar-refractivity contribution in [3.8, 4) is 11.3 Å². The van der Waals surface area contributed by atoms with Crippen molar-refractivity contribution in [2.75, 3.05) is 5.32 Å². The summed E-state index contributed by atoms with van der Waals surface area (Å²) in [6.07, 6.45) is 1.72. The molecule has 0 fully saturated rings. The van der Waals surface area contributed by atoms with Crippen molar-refractivity contribution in [3.63, 3.8) is 0 Å². The Morgan fingerprint density at radius 3 is 2.29 bits per heavy atom. The molecular formula is C17H22N2O2. The highest BCUT2D eigenvalue weighted by atomic mass is 16.4. The van der Waals surface area contributed by atoms with Crippen molar-refractivity contribution in [1.82, 2.24) is 4.98 Å². The molecule has 1 aromatic carbocycles. The average molecular weight is 286 g/mol. The maximum absolute atomic E-state index is 12.0. The van der Waals surface area contributed by atoms with Gasteiger partial charge in [-0.15, -0.1) is 0 Å². The molecule has 0 saturated carbocycles. The quantitative estimate of drug-likeness (QED) is 0.889. The normalized spacial score (nSPS) is 10.9. The van der Waals surface area contributed by atoms with Gasteiger partial charge in [-0.1, -0.05) is 26.0 Å². The van der Waals surface area contributed by atoms with Crippen molar-refractivity contribution >= 4 is 11.6 Å². The number of nitrogens with one attached hydrogen (secondary N) is 1. The van der Waals surface area contributed by atoms with E-state index < -0.39 is 0 Å². The Kier molecular flexibility index (Phi) is 4.78. The summed E-state index contributed by atoms with van der Waals surface area (Å²) in [4.78, 5) is 16.4. The lowest BCUT2D eigenvalue weighted by molar-refractivity contribution is -0.120. The minimum absolute atomic E-state index is 0.0742. The predicted molar refractivity (Wildman–Crippen MR) is 84.1 cm³/mol. The molecule has 1 heterocycles. The lowest BCUT2D eigenvalue weighted by Crippen LogP contribution is -2.21. The van der Waals surface area contributed by atoms with Gasteiger partial charge in [-0.05, 0) is 31.9 Å². The summed E-state index contributed by atoms with van der Waals surface area (Å²) >= 11 is 0. The van der Waals surface area contributed by atoms with E-state index in [0.717, 1.165) is 35.5 Å². The summed E-state index contributed by atoms with van der Waals surface area (Å²) in [6, 6.07) is 7.71. The molecule has 0 spiro atoms. The molecule has 1 amide bonds. The maximum Gasteiger partial charge on any atom is 0.227 e. The molecule has 112 valence electrons. The van der Waals surface area contributed by atoms with Crippen molar-refractivity contribution in [2.24, 2.45) is 5.92 Å². The molecule has 21 heavy (non-hydrogen) atoms. The topological polar surface area (TPSA) is 55.1 Å². The molecule has 4 nitrogen and oxygen atoms in total. The largest absolute Gasteiger partial charge is 0.446 e. The molecule has 0 aliphatic heterocycles. The van der Waals surface area contributed by atoms with E-state index in [1.165, 1.54) is 0 Å². The van der Waals surface area contributed by atoms with E-state index >= 15 is 0 Å². The minimum atomic E-state index is 0.0742. The van der Waals surface area contributed by atoms with Crippen LogP contribution < -0.4 is 5.32 Å². The van der Waals surface area contributed by atoms with Crippen molar-refractivity contribution in [1.29, 1.82) is 0 Å². The Balaban J connectivity index is 2.12. The number of aryl methyl sites for hydroxylation is 2. The van der Waals surface area contributed by atoms with Gasteiger partial charge in [0, 0.05) is 24.1 Å². The molecule has 0 aliphatic carbocycles. The maximum atomic E-state index is 12.0. The summed E-state index contributed by atoms with van der Waals surface area (Å²) in [5.41, 5.74) is 2.66. The van der Waals surface area contributed by atoms with Gasteiger partial charge in [0.05, 0.1) is 0 Å². The molecule has 0 unspecified atom stereocenters. The van der Waals surface area contributed by atoms with E-state index in [-0.39, 0.29) is 11.8 Å². The summed E-state index contributed by atoms with van der Waals surface area (Å²) in [5, 5.41) is 2.96. The van der Waals surface area contributed by atoms with Crippen LogP contribution in [0.25, 0.3) is 11.3 Å². The molecule has 0 bridgehead atoms. The standard InChI is InChI=1S/C17H22N2O2/c1-5-13(6-2)17(20)19-15-9-7-14(8-10-15)16-11(3)21-12(4)18-16/h7-10,13H,5-6H2,1-4H3,(H,19,20). The third-order valence-electron chi connectivity index (χ3n) is 3.69. The lowest BCUT2D eigenvalue weighted by atomic mass is 10.0. The Morgan fingerprint density at radius 2 is 1.81 bits per heavy atom. The van der Waals surface area contributed by atoms with Crippen LogP contribution in [0.3, 0.4) is 0 Å². The first-order valence-electron chi connectivity index (χ1n) is 7.40. The van der Waals surface area contributed by atoms with Crippen LogP contribution in [0.5, 0.6) is 0 Å². The van der Waals surface area contributed by atoms with Crippen LogP contribution in [0.15, 0.2) is 28.7 Å². The number of anilines is 1. The van der Waals surface area contributed by atoms with Crippen LogP contribution in [0, 0.1) is 19.8 Å². The molecule has 0 aliphatic rings. The first-order valence-corrected chi connectivity index (χ1v) is 7.40. The Hall–Kier alpha value is -2.10. The van der Waals surface area contributed by atoms with Crippen molar-refractivity contribution < 1.29 is 9.21 Å². The summed E-state index contributed by atoms with van der Waals surface area (Å²) in [6.45, 7) is 7.80. The lowest BCUT2D eigenvalue weighted by Gasteiger charge is -2.12. The molecule has 0 atom stereocenters. The average Bonchev–Trinajstić information content (AvgIpc) is 2.80. The summed E-state index contributed by atoms with van der Waals surface area (Å²) in [5.74, 6) is 1.63. The fourth-order valence-electron chi connectivity index (χ4n) is 2.41. The first kappa shape index (κ1) is 15.3. The van der Waals surface area contributed by atoms with Crippen molar-refractivity contribution in [3.05, 3.63) is 35.9 Å². The second kappa shape index (κ2) is 6.57. The summed E-state index contributed by atoms with van der Waals surface area (Å²) < 4.78 is 5.44. The Morgan fingerprint density at radius 1 is 1.19 bits per heavy atom. The second-order valence-electron chi connectivity index (χ2n) is 5.22. The number of rotatable bonds is 5. The predicted octanol–water partition coefficient (Wildman–Crippen LogP) is 4.33. The number of carbonyl (C=O) groups is 1.